The predicted molar refractivity (Wildman–Crippen MR) is 82.0 cm³/mol. The van der Waals surface area contributed by atoms with Gasteiger partial charge in [0.15, 0.2) is 0 Å². The smallest absolute Gasteiger partial charge is 0.127 e. The van der Waals surface area contributed by atoms with Crippen LogP contribution in [0.2, 0.25) is 0 Å². The largest absolute Gasteiger partial charge is 0.394 e. The fourth-order valence-electron chi connectivity index (χ4n) is 2.37. The van der Waals surface area contributed by atoms with Crippen molar-refractivity contribution in [2.24, 2.45) is 0 Å². The van der Waals surface area contributed by atoms with Gasteiger partial charge in [0.25, 0.3) is 0 Å². The molecule has 1 aromatic carbocycles. The van der Waals surface area contributed by atoms with Gasteiger partial charge in [-0.15, -0.1) is 0 Å². The lowest BCUT2D eigenvalue weighted by Crippen LogP contribution is -2.11. The van der Waals surface area contributed by atoms with Gasteiger partial charge in [0.1, 0.15) is 5.82 Å². The Hall–Kier alpha value is -1.81. The summed E-state index contributed by atoms with van der Waals surface area (Å²) < 4.78 is 1.84. The first-order valence-corrected chi connectivity index (χ1v) is 6.97. The minimum Gasteiger partial charge on any atom is -0.394 e. The molecule has 4 nitrogen and oxygen atoms in total. The molecular formula is C16H23N3O. The van der Waals surface area contributed by atoms with Gasteiger partial charge in [-0.2, -0.15) is 5.10 Å². The topological polar surface area (TPSA) is 50.1 Å². The zero-order valence-corrected chi connectivity index (χ0v) is 12.7. The Bertz CT molecular complexity index is 602. The highest BCUT2D eigenvalue weighted by molar-refractivity contribution is 5.47. The first kappa shape index (κ1) is 14.6. The average Bonchev–Trinajstić information content (AvgIpc) is 2.65. The zero-order valence-electron chi connectivity index (χ0n) is 12.7. The van der Waals surface area contributed by atoms with E-state index in [0.29, 0.717) is 6.54 Å². The van der Waals surface area contributed by atoms with Crippen molar-refractivity contribution in [1.29, 1.82) is 0 Å². The first-order valence-electron chi connectivity index (χ1n) is 6.97. The minimum atomic E-state index is 0.0960. The van der Waals surface area contributed by atoms with E-state index >= 15 is 0 Å². The number of anilines is 1. The van der Waals surface area contributed by atoms with E-state index in [1.165, 1.54) is 16.7 Å². The molecule has 1 aromatic heterocycles. The molecule has 20 heavy (non-hydrogen) atoms. The second-order valence-corrected chi connectivity index (χ2v) is 5.29. The summed E-state index contributed by atoms with van der Waals surface area (Å²) in [6.45, 7) is 9.67. The monoisotopic (exact) mass is 273 g/mol. The number of aromatic nitrogens is 2. The van der Waals surface area contributed by atoms with Gasteiger partial charge in [0.05, 0.1) is 18.8 Å². The van der Waals surface area contributed by atoms with Gasteiger partial charge in [-0.05, 0) is 38.8 Å². The van der Waals surface area contributed by atoms with Gasteiger partial charge in [-0.25, -0.2) is 4.68 Å². The van der Waals surface area contributed by atoms with Crippen molar-refractivity contribution in [3.05, 3.63) is 46.1 Å². The fourth-order valence-corrected chi connectivity index (χ4v) is 2.37. The summed E-state index contributed by atoms with van der Waals surface area (Å²) in [7, 11) is 0. The van der Waals surface area contributed by atoms with Crippen LogP contribution in [0, 0.1) is 27.7 Å². The second-order valence-electron chi connectivity index (χ2n) is 5.29. The Balaban J connectivity index is 2.18. The number of aliphatic hydroxyl groups is 1. The number of hydrogen-bond donors (Lipinski definition) is 2. The lowest BCUT2D eigenvalue weighted by Gasteiger charge is -2.12. The Kier molecular flexibility index (Phi) is 4.45. The Morgan fingerprint density at radius 1 is 1.20 bits per heavy atom. The zero-order chi connectivity index (χ0) is 14.7. The summed E-state index contributed by atoms with van der Waals surface area (Å²) in [5, 5.41) is 17.0. The van der Waals surface area contributed by atoms with Crippen LogP contribution in [0.5, 0.6) is 0 Å². The summed E-state index contributed by atoms with van der Waals surface area (Å²) in [5.74, 6) is 0.997. The van der Waals surface area contributed by atoms with Crippen LogP contribution in [0.3, 0.4) is 0 Å². The van der Waals surface area contributed by atoms with E-state index in [1.807, 2.05) is 11.6 Å². The summed E-state index contributed by atoms with van der Waals surface area (Å²) in [4.78, 5) is 0. The van der Waals surface area contributed by atoms with E-state index in [9.17, 15) is 0 Å². The standard InChI is InChI=1S/C16H23N3O/c1-11-5-6-15(12(2)9-11)10-17-16-13(3)14(4)18-19(16)7-8-20/h5-6,9,17,20H,7-8,10H2,1-4H3. The van der Waals surface area contributed by atoms with Crippen molar-refractivity contribution in [1.82, 2.24) is 9.78 Å². The van der Waals surface area contributed by atoms with E-state index in [2.05, 4.69) is 49.4 Å². The van der Waals surface area contributed by atoms with Crippen LogP contribution >= 0.6 is 0 Å². The van der Waals surface area contributed by atoms with Crippen molar-refractivity contribution >= 4 is 5.82 Å². The molecule has 0 saturated carbocycles. The first-order chi connectivity index (χ1) is 9.52. The average molecular weight is 273 g/mol. The van der Waals surface area contributed by atoms with Crippen LogP contribution in [-0.4, -0.2) is 21.5 Å². The lowest BCUT2D eigenvalue weighted by atomic mass is 10.1. The third-order valence-corrected chi connectivity index (χ3v) is 3.68. The number of aryl methyl sites for hydroxylation is 3. The van der Waals surface area contributed by atoms with Gasteiger partial charge in [0, 0.05) is 12.1 Å². The van der Waals surface area contributed by atoms with E-state index in [1.54, 1.807) is 0 Å². The van der Waals surface area contributed by atoms with E-state index in [0.717, 1.165) is 23.6 Å². The van der Waals surface area contributed by atoms with Crippen molar-refractivity contribution in [2.45, 2.75) is 40.8 Å². The Labute approximate surface area is 120 Å². The van der Waals surface area contributed by atoms with Crippen molar-refractivity contribution in [2.75, 3.05) is 11.9 Å². The van der Waals surface area contributed by atoms with Crippen LogP contribution in [0.1, 0.15) is 27.9 Å². The molecule has 0 aliphatic rings. The number of rotatable bonds is 5. The quantitative estimate of drug-likeness (QED) is 0.880. The molecule has 0 fully saturated rings. The molecule has 108 valence electrons. The molecule has 0 amide bonds. The third kappa shape index (κ3) is 3.02. The molecule has 0 atom stereocenters. The van der Waals surface area contributed by atoms with E-state index < -0.39 is 0 Å². The maximum absolute atomic E-state index is 9.12. The number of hydrogen-bond acceptors (Lipinski definition) is 3. The Morgan fingerprint density at radius 2 is 1.95 bits per heavy atom. The summed E-state index contributed by atoms with van der Waals surface area (Å²) >= 11 is 0. The summed E-state index contributed by atoms with van der Waals surface area (Å²) in [6, 6.07) is 6.49. The SMILES string of the molecule is Cc1ccc(CNc2c(C)c(C)nn2CCO)c(C)c1. The highest BCUT2D eigenvalue weighted by Gasteiger charge is 2.11. The third-order valence-electron chi connectivity index (χ3n) is 3.68. The highest BCUT2D eigenvalue weighted by Crippen LogP contribution is 2.20. The maximum atomic E-state index is 9.12. The van der Waals surface area contributed by atoms with Crippen LogP contribution in [0.25, 0.3) is 0 Å². The molecule has 0 aliphatic carbocycles. The molecule has 0 bridgehead atoms. The molecule has 2 rings (SSSR count). The van der Waals surface area contributed by atoms with E-state index in [4.69, 9.17) is 5.11 Å². The maximum Gasteiger partial charge on any atom is 0.127 e. The van der Waals surface area contributed by atoms with Crippen LogP contribution in [0.4, 0.5) is 5.82 Å². The minimum absolute atomic E-state index is 0.0960. The molecule has 0 spiro atoms. The molecule has 2 aromatic rings. The highest BCUT2D eigenvalue weighted by atomic mass is 16.3. The van der Waals surface area contributed by atoms with Gasteiger partial charge >= 0.3 is 0 Å². The van der Waals surface area contributed by atoms with E-state index in [-0.39, 0.29) is 6.61 Å². The van der Waals surface area contributed by atoms with Crippen molar-refractivity contribution in [3.8, 4) is 0 Å². The van der Waals surface area contributed by atoms with Crippen LogP contribution in [0.15, 0.2) is 18.2 Å². The van der Waals surface area contributed by atoms with Gasteiger partial charge < -0.3 is 10.4 Å². The van der Waals surface area contributed by atoms with Gasteiger partial charge in [-0.3, -0.25) is 0 Å². The molecule has 0 saturated heterocycles. The second kappa shape index (κ2) is 6.09. The molecule has 1 heterocycles. The lowest BCUT2D eigenvalue weighted by molar-refractivity contribution is 0.270. The molecular weight excluding hydrogens is 250 g/mol. The number of nitrogens with zero attached hydrogens (tertiary/aromatic N) is 2. The fraction of sp³-hybridized carbons (Fsp3) is 0.438. The predicted octanol–water partition coefficient (Wildman–Crippen LogP) is 2.72. The van der Waals surface area contributed by atoms with Gasteiger partial charge in [0.2, 0.25) is 0 Å². The van der Waals surface area contributed by atoms with Crippen LogP contribution in [-0.2, 0) is 13.1 Å². The molecule has 0 unspecified atom stereocenters. The summed E-state index contributed by atoms with van der Waals surface area (Å²) in [5.41, 5.74) is 6.00. The molecule has 0 radical (unpaired) electrons. The number of aliphatic hydroxyl groups excluding tert-OH is 1. The van der Waals surface area contributed by atoms with Gasteiger partial charge in [-0.1, -0.05) is 23.8 Å². The molecule has 0 aliphatic heterocycles. The summed E-state index contributed by atoms with van der Waals surface area (Å²) in [6.07, 6.45) is 0. The van der Waals surface area contributed by atoms with Crippen LogP contribution < -0.4 is 5.32 Å². The van der Waals surface area contributed by atoms with Crippen molar-refractivity contribution < 1.29 is 5.11 Å². The molecule has 4 heteroatoms. The number of nitrogens with one attached hydrogen (secondary N) is 1. The normalized spacial score (nSPS) is 10.8. The Morgan fingerprint density at radius 3 is 2.60 bits per heavy atom. The van der Waals surface area contributed by atoms with Crippen molar-refractivity contribution in [3.63, 3.8) is 0 Å². The number of benzene rings is 1. The molecule has 2 N–H and O–H groups in total.